The van der Waals surface area contributed by atoms with Crippen molar-refractivity contribution < 1.29 is 24.1 Å². The molecule has 0 atom stereocenters. The van der Waals surface area contributed by atoms with E-state index in [2.05, 4.69) is 10.5 Å². The monoisotopic (exact) mass is 420 g/mol. The van der Waals surface area contributed by atoms with Crippen molar-refractivity contribution in [1.29, 1.82) is 0 Å². The van der Waals surface area contributed by atoms with Gasteiger partial charge in [-0.15, -0.1) is 0 Å². The third-order valence-corrected chi connectivity index (χ3v) is 4.82. The van der Waals surface area contributed by atoms with Crippen LogP contribution in [0.15, 0.2) is 77.9 Å². The van der Waals surface area contributed by atoms with Gasteiger partial charge in [-0.1, -0.05) is 60.7 Å². The van der Waals surface area contributed by atoms with Crippen molar-refractivity contribution in [3.63, 3.8) is 0 Å². The second-order valence-electron chi connectivity index (χ2n) is 6.59. The molecular formula is C24H24N2O5. The first-order valence-corrected chi connectivity index (χ1v) is 9.51. The Morgan fingerprint density at radius 3 is 1.81 bits per heavy atom. The summed E-state index contributed by atoms with van der Waals surface area (Å²) >= 11 is 0. The van der Waals surface area contributed by atoms with E-state index in [1.165, 1.54) is 27.5 Å². The van der Waals surface area contributed by atoms with E-state index in [0.717, 1.165) is 0 Å². The molecule has 3 aromatic carbocycles. The van der Waals surface area contributed by atoms with Crippen LogP contribution in [0, 0.1) is 0 Å². The number of carbonyl (C=O) groups is 1. The number of amides is 1. The predicted molar refractivity (Wildman–Crippen MR) is 118 cm³/mol. The first-order valence-electron chi connectivity index (χ1n) is 9.51. The van der Waals surface area contributed by atoms with Crippen LogP contribution in [0.3, 0.4) is 0 Å². The Morgan fingerprint density at radius 1 is 0.839 bits per heavy atom. The van der Waals surface area contributed by atoms with Crippen LogP contribution in [0.1, 0.15) is 16.7 Å². The summed E-state index contributed by atoms with van der Waals surface area (Å²) in [7, 11) is 4.56. The van der Waals surface area contributed by atoms with E-state index in [-0.39, 0.29) is 0 Å². The summed E-state index contributed by atoms with van der Waals surface area (Å²) in [6, 6.07) is 20.7. The zero-order valence-electron chi connectivity index (χ0n) is 17.5. The van der Waals surface area contributed by atoms with Gasteiger partial charge in [0.1, 0.15) is 5.75 Å². The minimum Gasteiger partial charge on any atom is -0.496 e. The molecule has 7 nitrogen and oxygen atoms in total. The summed E-state index contributed by atoms with van der Waals surface area (Å²) in [5.41, 5.74) is 1.94. The predicted octanol–water partition coefficient (Wildman–Crippen LogP) is 3.10. The van der Waals surface area contributed by atoms with Crippen molar-refractivity contribution in [1.82, 2.24) is 5.43 Å². The molecule has 0 radical (unpaired) electrons. The molecule has 0 saturated carbocycles. The second kappa shape index (κ2) is 9.77. The number of methoxy groups -OCH3 is 3. The van der Waals surface area contributed by atoms with Gasteiger partial charge in [0.15, 0.2) is 17.1 Å². The number of hydrogen-bond donors (Lipinski definition) is 2. The van der Waals surface area contributed by atoms with Gasteiger partial charge in [-0.05, 0) is 17.2 Å². The molecule has 0 bridgehead atoms. The first-order chi connectivity index (χ1) is 15.0. The molecule has 0 fully saturated rings. The minimum absolute atomic E-state index is 0.428. The van der Waals surface area contributed by atoms with Crippen LogP contribution in [-0.4, -0.2) is 38.6 Å². The fourth-order valence-corrected chi connectivity index (χ4v) is 3.18. The first kappa shape index (κ1) is 21.9. The summed E-state index contributed by atoms with van der Waals surface area (Å²) in [5, 5.41) is 15.5. The lowest BCUT2D eigenvalue weighted by Crippen LogP contribution is -2.43. The average molecular weight is 420 g/mol. The smallest absolute Gasteiger partial charge is 0.281 e. The maximum Gasteiger partial charge on any atom is 0.281 e. The van der Waals surface area contributed by atoms with Crippen LogP contribution in [0.5, 0.6) is 17.2 Å². The third kappa shape index (κ3) is 4.51. The normalized spacial score (nSPS) is 11.2. The van der Waals surface area contributed by atoms with Crippen molar-refractivity contribution in [2.45, 2.75) is 5.60 Å². The van der Waals surface area contributed by atoms with E-state index in [1.807, 2.05) is 12.1 Å². The molecule has 0 heterocycles. The lowest BCUT2D eigenvalue weighted by molar-refractivity contribution is -0.136. The van der Waals surface area contributed by atoms with Gasteiger partial charge >= 0.3 is 0 Å². The van der Waals surface area contributed by atoms with Gasteiger partial charge < -0.3 is 19.3 Å². The van der Waals surface area contributed by atoms with Crippen molar-refractivity contribution in [2.24, 2.45) is 5.10 Å². The maximum atomic E-state index is 13.1. The van der Waals surface area contributed by atoms with Crippen molar-refractivity contribution in [3.05, 3.63) is 89.5 Å². The maximum absolute atomic E-state index is 13.1. The molecule has 0 aliphatic carbocycles. The molecule has 0 spiro atoms. The van der Waals surface area contributed by atoms with Crippen molar-refractivity contribution >= 4 is 12.1 Å². The highest BCUT2D eigenvalue weighted by Crippen LogP contribution is 2.34. The molecule has 0 saturated heterocycles. The topological polar surface area (TPSA) is 89.4 Å². The van der Waals surface area contributed by atoms with Gasteiger partial charge in [0.2, 0.25) is 0 Å². The molecule has 2 N–H and O–H groups in total. The Kier molecular flexibility index (Phi) is 6.89. The van der Waals surface area contributed by atoms with E-state index in [1.54, 1.807) is 60.7 Å². The van der Waals surface area contributed by atoms with Crippen LogP contribution >= 0.6 is 0 Å². The largest absolute Gasteiger partial charge is 0.496 e. The molecular weight excluding hydrogens is 396 g/mol. The summed E-state index contributed by atoms with van der Waals surface area (Å²) in [6.07, 6.45) is 1.41. The highest BCUT2D eigenvalue weighted by atomic mass is 16.5. The number of hydrazone groups is 1. The number of aliphatic hydroxyl groups is 1. The zero-order chi connectivity index (χ0) is 22.3. The van der Waals surface area contributed by atoms with Crippen LogP contribution in [0.4, 0.5) is 0 Å². The molecule has 7 heteroatoms. The molecule has 160 valence electrons. The SMILES string of the molecule is COc1cc(OC)c(OC)cc1C=NNC(=O)C(O)(c1ccccc1)c1ccccc1. The molecule has 3 rings (SSSR count). The Hall–Kier alpha value is -3.84. The summed E-state index contributed by atoms with van der Waals surface area (Å²) in [4.78, 5) is 13.1. The molecule has 0 aliphatic rings. The van der Waals surface area contributed by atoms with Gasteiger partial charge in [-0.3, -0.25) is 4.79 Å². The highest BCUT2D eigenvalue weighted by molar-refractivity contribution is 5.92. The van der Waals surface area contributed by atoms with Gasteiger partial charge in [0.25, 0.3) is 5.91 Å². The Balaban J connectivity index is 1.91. The third-order valence-electron chi connectivity index (χ3n) is 4.82. The molecule has 0 aliphatic heterocycles. The Morgan fingerprint density at radius 2 is 1.32 bits per heavy atom. The molecule has 0 unspecified atom stereocenters. The number of nitrogens with zero attached hydrogens (tertiary/aromatic N) is 1. The number of benzene rings is 3. The number of ether oxygens (including phenoxy) is 3. The zero-order valence-corrected chi connectivity index (χ0v) is 17.5. The van der Waals surface area contributed by atoms with E-state index in [9.17, 15) is 9.90 Å². The van der Waals surface area contributed by atoms with Crippen LogP contribution < -0.4 is 19.6 Å². The van der Waals surface area contributed by atoms with Crippen LogP contribution in [0.2, 0.25) is 0 Å². The number of nitrogens with one attached hydrogen (secondary N) is 1. The summed E-state index contributed by atoms with van der Waals surface area (Å²) in [6.45, 7) is 0. The lowest BCUT2D eigenvalue weighted by atomic mass is 9.85. The fraction of sp³-hybridized carbons (Fsp3) is 0.167. The van der Waals surface area contributed by atoms with Crippen molar-refractivity contribution in [2.75, 3.05) is 21.3 Å². The molecule has 3 aromatic rings. The van der Waals surface area contributed by atoms with Gasteiger partial charge in [0, 0.05) is 11.6 Å². The molecule has 31 heavy (non-hydrogen) atoms. The number of hydrogen-bond acceptors (Lipinski definition) is 6. The van der Waals surface area contributed by atoms with E-state index >= 15 is 0 Å². The van der Waals surface area contributed by atoms with E-state index in [4.69, 9.17) is 14.2 Å². The second-order valence-corrected chi connectivity index (χ2v) is 6.59. The van der Waals surface area contributed by atoms with Crippen LogP contribution in [0.25, 0.3) is 0 Å². The van der Waals surface area contributed by atoms with Crippen molar-refractivity contribution in [3.8, 4) is 17.2 Å². The summed E-state index contributed by atoms with van der Waals surface area (Å²) < 4.78 is 15.9. The van der Waals surface area contributed by atoms with Crippen LogP contribution in [-0.2, 0) is 10.4 Å². The lowest BCUT2D eigenvalue weighted by Gasteiger charge is -2.27. The van der Waals surface area contributed by atoms with Gasteiger partial charge in [0.05, 0.1) is 27.5 Å². The molecule has 0 aromatic heterocycles. The standard InChI is InChI=1S/C24H24N2O5/c1-29-20-15-22(31-3)21(30-2)14-17(20)16-25-26-23(27)24(28,18-10-6-4-7-11-18)19-12-8-5-9-13-19/h4-16,28H,1-3H3,(H,26,27). The number of rotatable bonds is 8. The summed E-state index contributed by atoms with van der Waals surface area (Å²) in [5.74, 6) is 0.779. The average Bonchev–Trinajstić information content (AvgIpc) is 2.84. The Labute approximate surface area is 180 Å². The Bertz CT molecular complexity index is 1010. The quantitative estimate of drug-likeness (QED) is 0.432. The number of carbonyl (C=O) groups excluding carboxylic acids is 1. The molecule has 1 amide bonds. The van der Waals surface area contributed by atoms with E-state index in [0.29, 0.717) is 33.9 Å². The fourth-order valence-electron chi connectivity index (χ4n) is 3.18. The van der Waals surface area contributed by atoms with Gasteiger partial charge in [-0.25, -0.2) is 5.43 Å². The minimum atomic E-state index is -1.92. The van der Waals surface area contributed by atoms with E-state index < -0.39 is 11.5 Å². The van der Waals surface area contributed by atoms with Gasteiger partial charge in [-0.2, -0.15) is 5.10 Å². The highest BCUT2D eigenvalue weighted by Gasteiger charge is 2.39.